The molecule has 3 N–H and O–H groups in total. The van der Waals surface area contributed by atoms with Gasteiger partial charge in [-0.15, -0.1) is 0 Å². The molecule has 3 aromatic heterocycles. The molecule has 2 amide bonds. The van der Waals surface area contributed by atoms with Crippen LogP contribution < -0.4 is 15.8 Å². The molecule has 11 nitrogen and oxygen atoms in total. The molecule has 9 rings (SSSR count). The number of aromatic nitrogens is 4. The van der Waals surface area contributed by atoms with E-state index >= 15 is 0 Å². The predicted molar refractivity (Wildman–Crippen MR) is 180 cm³/mol. The van der Waals surface area contributed by atoms with Crippen LogP contribution in [0.15, 0.2) is 48.5 Å². The number of rotatable bonds is 7. The number of methoxy groups -OCH3 is 1. The molecule has 2 bridgehead atoms. The second-order valence-corrected chi connectivity index (χ2v) is 13.8. The average Bonchev–Trinajstić information content (AvgIpc) is 3.28. The van der Waals surface area contributed by atoms with Crippen LogP contribution in [0.2, 0.25) is 0 Å². The van der Waals surface area contributed by atoms with Gasteiger partial charge in [0.1, 0.15) is 22.7 Å². The zero-order valence-corrected chi connectivity index (χ0v) is 26.9. The number of hydrogen-bond donors (Lipinski definition) is 2. The van der Waals surface area contributed by atoms with E-state index in [1.165, 1.54) is 12.8 Å². The fourth-order valence-corrected chi connectivity index (χ4v) is 8.06. The molecule has 2 saturated carbocycles. The zero-order valence-electron chi connectivity index (χ0n) is 26.9. The van der Waals surface area contributed by atoms with Crippen molar-refractivity contribution >= 4 is 45.4 Å². The van der Waals surface area contributed by atoms with Gasteiger partial charge in [-0.3, -0.25) is 9.59 Å². The Bertz CT molecular complexity index is 2130. The second-order valence-electron chi connectivity index (χ2n) is 13.8. The summed E-state index contributed by atoms with van der Waals surface area (Å²) in [6, 6.07) is 16.0. The summed E-state index contributed by atoms with van der Waals surface area (Å²) in [5.41, 5.74) is 13.0. The summed E-state index contributed by atoms with van der Waals surface area (Å²) in [5.74, 6) is 3.13. The minimum absolute atomic E-state index is 0.00751. The second kappa shape index (κ2) is 10.3. The first-order chi connectivity index (χ1) is 22.8. The van der Waals surface area contributed by atoms with Crippen LogP contribution in [0.4, 0.5) is 11.5 Å². The van der Waals surface area contributed by atoms with E-state index in [1.54, 1.807) is 12.0 Å². The number of carbonyl (C=O) groups excluding carboxylic acids is 2. The first kappa shape index (κ1) is 28.3. The van der Waals surface area contributed by atoms with Gasteiger partial charge in [0, 0.05) is 68.0 Å². The first-order valence-electron chi connectivity index (χ1n) is 16.5. The maximum Gasteiger partial charge on any atom is 0.254 e. The first-order valence-corrected chi connectivity index (χ1v) is 16.5. The maximum absolute atomic E-state index is 13.7. The number of pyridine rings is 1. The van der Waals surface area contributed by atoms with Crippen molar-refractivity contribution < 1.29 is 14.3 Å². The highest BCUT2D eigenvalue weighted by Crippen LogP contribution is 2.40. The Labute approximate surface area is 272 Å². The number of anilines is 2. The molecule has 11 heteroatoms. The van der Waals surface area contributed by atoms with E-state index in [-0.39, 0.29) is 23.9 Å². The number of nitrogens with one attached hydrogen (secondary N) is 1. The van der Waals surface area contributed by atoms with Gasteiger partial charge in [0.05, 0.1) is 18.3 Å². The lowest BCUT2D eigenvalue weighted by molar-refractivity contribution is 0.0700. The molecule has 2 aliphatic heterocycles. The van der Waals surface area contributed by atoms with Crippen LogP contribution in [0, 0.1) is 11.8 Å². The highest BCUT2D eigenvalue weighted by Gasteiger charge is 2.47. The molecule has 2 aliphatic carbocycles. The van der Waals surface area contributed by atoms with Crippen LogP contribution in [0.3, 0.4) is 0 Å². The van der Waals surface area contributed by atoms with Crippen molar-refractivity contribution in [3.63, 3.8) is 0 Å². The van der Waals surface area contributed by atoms with Crippen molar-refractivity contribution in [2.75, 3.05) is 26.0 Å². The highest BCUT2D eigenvalue weighted by atomic mass is 16.5. The molecule has 2 unspecified atom stereocenters. The molecule has 4 aliphatic rings. The normalized spacial score (nSPS) is 21.8. The summed E-state index contributed by atoms with van der Waals surface area (Å²) in [4.78, 5) is 40.2. The number of fused-ring (bicyclic) bond motifs is 5. The number of aryl methyl sites for hydroxylation is 1. The molecule has 0 spiro atoms. The summed E-state index contributed by atoms with van der Waals surface area (Å²) < 4.78 is 10.2. The highest BCUT2D eigenvalue weighted by molar-refractivity contribution is 6.01. The Morgan fingerprint density at radius 3 is 2.64 bits per heavy atom. The third kappa shape index (κ3) is 4.43. The zero-order chi connectivity index (χ0) is 32.1. The smallest absolute Gasteiger partial charge is 0.254 e. The number of amides is 2. The van der Waals surface area contributed by atoms with E-state index in [4.69, 9.17) is 20.4 Å². The van der Waals surface area contributed by atoms with Gasteiger partial charge in [-0.2, -0.15) is 0 Å². The lowest BCUT2D eigenvalue weighted by Gasteiger charge is -2.27. The van der Waals surface area contributed by atoms with Gasteiger partial charge in [-0.05, 0) is 85.5 Å². The number of benzene rings is 2. The number of likely N-dealkylation sites (tertiary alicyclic amines) is 1. The summed E-state index contributed by atoms with van der Waals surface area (Å²) in [5, 5.41) is 4.45. The molecule has 240 valence electrons. The van der Waals surface area contributed by atoms with Gasteiger partial charge in [-0.25, -0.2) is 9.97 Å². The standard InChI is InChI=1S/C36H38N8O3/c1-41-17-21-6-9-24(15-25(21)36(41)46)38-30-11-8-20-13-28(43(33(20)40-30)16-19-4-5-19)34-39-26-12-23(14-29(47-3)32(26)42(34)2)35(45)44-18-22-7-10-27(44)31(22)37/h6,8-9,11-15,19,22,27,31H,4-5,7,10,16-18,37H2,1-3H3,(H,38,40)/t22?,27?,31-/m1/s1. The van der Waals surface area contributed by atoms with E-state index in [1.807, 2.05) is 55.4 Å². The predicted octanol–water partition coefficient (Wildman–Crippen LogP) is 4.90. The van der Waals surface area contributed by atoms with Crippen LogP contribution in [-0.2, 0) is 20.1 Å². The average molecular weight is 631 g/mol. The summed E-state index contributed by atoms with van der Waals surface area (Å²) >= 11 is 0. The Kier molecular flexibility index (Phi) is 6.21. The van der Waals surface area contributed by atoms with Crippen molar-refractivity contribution in [1.82, 2.24) is 28.9 Å². The van der Waals surface area contributed by atoms with E-state index in [0.29, 0.717) is 47.6 Å². The molecule has 2 aromatic carbocycles. The van der Waals surface area contributed by atoms with Crippen molar-refractivity contribution in [1.29, 1.82) is 0 Å². The Balaban J connectivity index is 1.10. The number of carbonyl (C=O) groups is 2. The topological polar surface area (TPSA) is 124 Å². The molecule has 3 atom stereocenters. The minimum atomic E-state index is -0.00751. The summed E-state index contributed by atoms with van der Waals surface area (Å²) in [7, 11) is 5.46. The van der Waals surface area contributed by atoms with Gasteiger partial charge in [0.15, 0.2) is 5.82 Å². The van der Waals surface area contributed by atoms with Crippen molar-refractivity contribution in [2.24, 2.45) is 24.6 Å². The molecule has 1 saturated heterocycles. The SMILES string of the molecule is COc1cc(C(=O)N2CC3CCC2[C@@H]3N)cc2nc(-c3cc4ccc(Nc5ccc6c(c5)C(=O)N(C)C6)nc4n3CC3CC3)n(C)c12. The number of hydrogen-bond acceptors (Lipinski definition) is 7. The van der Waals surface area contributed by atoms with Crippen LogP contribution in [-0.4, -0.2) is 73.5 Å². The van der Waals surface area contributed by atoms with Crippen LogP contribution >= 0.6 is 0 Å². The van der Waals surface area contributed by atoms with E-state index in [0.717, 1.165) is 64.3 Å². The van der Waals surface area contributed by atoms with E-state index in [2.05, 4.69) is 26.6 Å². The van der Waals surface area contributed by atoms with Crippen LogP contribution in [0.25, 0.3) is 33.6 Å². The van der Waals surface area contributed by atoms with Gasteiger partial charge in [0.25, 0.3) is 11.8 Å². The fourth-order valence-electron chi connectivity index (χ4n) is 8.06. The summed E-state index contributed by atoms with van der Waals surface area (Å²) in [6.07, 6.45) is 4.44. The van der Waals surface area contributed by atoms with Crippen molar-refractivity contribution in [3.05, 3.63) is 65.2 Å². The van der Waals surface area contributed by atoms with E-state index < -0.39 is 0 Å². The van der Waals surface area contributed by atoms with E-state index in [9.17, 15) is 9.59 Å². The number of imidazole rings is 1. The minimum Gasteiger partial charge on any atom is -0.494 e. The number of nitrogens with zero attached hydrogens (tertiary/aromatic N) is 6. The lowest BCUT2D eigenvalue weighted by Crippen LogP contribution is -2.41. The molecule has 5 heterocycles. The van der Waals surface area contributed by atoms with Crippen molar-refractivity contribution in [3.8, 4) is 17.3 Å². The number of nitrogens with two attached hydrogens (primary N) is 1. The molecular formula is C36H38N8O3. The van der Waals surface area contributed by atoms with Gasteiger partial charge >= 0.3 is 0 Å². The molecule has 0 radical (unpaired) electrons. The Morgan fingerprint density at radius 2 is 1.89 bits per heavy atom. The summed E-state index contributed by atoms with van der Waals surface area (Å²) in [6.45, 7) is 2.19. The Morgan fingerprint density at radius 1 is 1.04 bits per heavy atom. The quantitative estimate of drug-likeness (QED) is 0.262. The largest absolute Gasteiger partial charge is 0.494 e. The Hall–Kier alpha value is -4.90. The van der Waals surface area contributed by atoms with Crippen LogP contribution in [0.5, 0.6) is 5.75 Å². The van der Waals surface area contributed by atoms with Crippen LogP contribution in [0.1, 0.15) is 52.0 Å². The monoisotopic (exact) mass is 630 g/mol. The van der Waals surface area contributed by atoms with Crippen molar-refractivity contribution in [2.45, 2.75) is 50.9 Å². The van der Waals surface area contributed by atoms with Gasteiger partial charge in [-0.1, -0.05) is 6.07 Å². The maximum atomic E-state index is 13.7. The third-order valence-electron chi connectivity index (χ3n) is 10.8. The molecule has 47 heavy (non-hydrogen) atoms. The number of ether oxygens (including phenoxy) is 1. The van der Waals surface area contributed by atoms with Gasteiger partial charge < -0.3 is 34.7 Å². The molecule has 5 aromatic rings. The number of piperidine rings is 1. The van der Waals surface area contributed by atoms with Gasteiger partial charge in [0.2, 0.25) is 0 Å². The lowest BCUT2D eigenvalue weighted by atomic mass is 10.1. The third-order valence-corrected chi connectivity index (χ3v) is 10.8. The fraction of sp³-hybridized carbons (Fsp3) is 0.389. The molecule has 3 fully saturated rings. The molecular weight excluding hydrogens is 592 g/mol.